The van der Waals surface area contributed by atoms with Gasteiger partial charge in [0.2, 0.25) is 0 Å². The largest absolute Gasteiger partial charge is 0.461 e. The Morgan fingerprint density at radius 1 is 1.22 bits per heavy atom. The van der Waals surface area contributed by atoms with Crippen molar-refractivity contribution in [1.82, 2.24) is 0 Å². The van der Waals surface area contributed by atoms with Gasteiger partial charge in [0.05, 0.1) is 24.2 Å². The fourth-order valence-corrected chi connectivity index (χ4v) is 2.88. The average Bonchev–Trinajstić information content (AvgIpc) is 2.55. The first-order valence-electron chi connectivity index (χ1n) is 10.0. The van der Waals surface area contributed by atoms with Gasteiger partial charge in [-0.15, -0.1) is 0 Å². The van der Waals surface area contributed by atoms with Crippen LogP contribution in [0.25, 0.3) is 0 Å². The smallest absolute Gasteiger partial charge is 0.316 e. The highest BCUT2D eigenvalue weighted by Crippen LogP contribution is 2.45. The summed E-state index contributed by atoms with van der Waals surface area (Å²) in [5.41, 5.74) is -2.63. The maximum absolute atomic E-state index is 12.8. The van der Waals surface area contributed by atoms with Crippen molar-refractivity contribution >= 4 is 11.9 Å². The number of ether oxygens (including phenoxy) is 3. The summed E-state index contributed by atoms with van der Waals surface area (Å²) in [5, 5.41) is 10.3. The third-order valence-electron chi connectivity index (χ3n) is 5.89. The molecule has 1 fully saturated rings. The van der Waals surface area contributed by atoms with E-state index in [9.17, 15) is 14.7 Å². The van der Waals surface area contributed by atoms with Gasteiger partial charge in [-0.25, -0.2) is 0 Å². The molecule has 0 aromatic carbocycles. The van der Waals surface area contributed by atoms with Crippen molar-refractivity contribution in [1.29, 1.82) is 0 Å². The Balaban J connectivity index is 2.65. The third kappa shape index (κ3) is 6.18. The van der Waals surface area contributed by atoms with Crippen LogP contribution >= 0.6 is 0 Å². The lowest BCUT2D eigenvalue weighted by molar-refractivity contribution is -0.200. The van der Waals surface area contributed by atoms with Crippen molar-refractivity contribution in [3.05, 3.63) is 0 Å². The van der Waals surface area contributed by atoms with Crippen LogP contribution in [0.15, 0.2) is 0 Å². The number of esters is 2. The summed E-state index contributed by atoms with van der Waals surface area (Å²) >= 11 is 0. The summed E-state index contributed by atoms with van der Waals surface area (Å²) in [6, 6.07) is 0. The first-order chi connectivity index (χ1) is 12.2. The molecule has 0 heterocycles. The molecule has 158 valence electrons. The first kappa shape index (κ1) is 23.9. The number of aliphatic hydroxyl groups is 1. The highest BCUT2D eigenvalue weighted by Gasteiger charge is 2.54. The van der Waals surface area contributed by atoms with E-state index in [-0.39, 0.29) is 12.1 Å². The van der Waals surface area contributed by atoms with Gasteiger partial charge in [-0.3, -0.25) is 9.59 Å². The molecule has 4 atom stereocenters. The zero-order chi connectivity index (χ0) is 21.0. The Labute approximate surface area is 163 Å². The predicted molar refractivity (Wildman–Crippen MR) is 103 cm³/mol. The molecule has 1 rings (SSSR count). The molecule has 0 aromatic heterocycles. The Morgan fingerprint density at radius 2 is 1.81 bits per heavy atom. The summed E-state index contributed by atoms with van der Waals surface area (Å²) in [5.74, 6) is -1.49. The maximum Gasteiger partial charge on any atom is 0.316 e. The number of carbonyl (C=O) groups is 2. The number of hydrogen-bond donors (Lipinski definition) is 1. The van der Waals surface area contributed by atoms with E-state index >= 15 is 0 Å². The molecule has 0 aromatic rings. The van der Waals surface area contributed by atoms with Crippen LogP contribution in [-0.4, -0.2) is 47.1 Å². The SMILES string of the molecule is CCC(C)(O)C(C)C(=O)OC1CCC1(C)C(=O)OC(C)(C)CCOC(C)C. The fourth-order valence-electron chi connectivity index (χ4n) is 2.88. The quantitative estimate of drug-likeness (QED) is 0.577. The molecule has 1 aliphatic rings. The van der Waals surface area contributed by atoms with Gasteiger partial charge < -0.3 is 19.3 Å². The summed E-state index contributed by atoms with van der Waals surface area (Å²) in [7, 11) is 0. The van der Waals surface area contributed by atoms with Gasteiger partial charge >= 0.3 is 11.9 Å². The van der Waals surface area contributed by atoms with Crippen LogP contribution in [0.4, 0.5) is 0 Å². The highest BCUT2D eigenvalue weighted by molar-refractivity contribution is 5.80. The van der Waals surface area contributed by atoms with Gasteiger partial charge in [0.15, 0.2) is 0 Å². The lowest BCUT2D eigenvalue weighted by Gasteiger charge is -2.45. The minimum Gasteiger partial charge on any atom is -0.461 e. The Bertz CT molecular complexity index is 525. The first-order valence-corrected chi connectivity index (χ1v) is 10.0. The number of hydrogen-bond acceptors (Lipinski definition) is 6. The van der Waals surface area contributed by atoms with E-state index in [1.165, 1.54) is 0 Å². The van der Waals surface area contributed by atoms with E-state index in [4.69, 9.17) is 14.2 Å². The van der Waals surface area contributed by atoms with Gasteiger partial charge in [-0.1, -0.05) is 6.92 Å². The molecular formula is C21H38O6. The van der Waals surface area contributed by atoms with Crippen molar-refractivity contribution in [2.45, 2.75) is 104 Å². The Hall–Kier alpha value is -1.14. The Kier molecular flexibility index (Phi) is 7.88. The molecule has 1 saturated carbocycles. The molecule has 6 heteroatoms. The van der Waals surface area contributed by atoms with Gasteiger partial charge in [-0.05, 0) is 67.7 Å². The number of carbonyl (C=O) groups excluding carboxylic acids is 2. The molecular weight excluding hydrogens is 348 g/mol. The minimum atomic E-state index is -1.13. The lowest BCUT2D eigenvalue weighted by atomic mass is 9.67. The monoisotopic (exact) mass is 386 g/mol. The van der Waals surface area contributed by atoms with Crippen LogP contribution in [0.2, 0.25) is 0 Å². The molecule has 0 radical (unpaired) electrons. The molecule has 27 heavy (non-hydrogen) atoms. The van der Waals surface area contributed by atoms with E-state index < -0.39 is 34.6 Å². The standard InChI is InChI=1S/C21H38O6/c1-9-21(8,24)15(4)17(22)26-16-10-11-20(16,7)18(23)27-19(5,6)12-13-25-14(2)3/h14-16,24H,9-13H2,1-8H3. The molecule has 0 saturated heterocycles. The summed E-state index contributed by atoms with van der Waals surface area (Å²) in [6.07, 6.45) is 1.88. The molecule has 0 aliphatic heterocycles. The second-order valence-electron chi connectivity index (χ2n) is 9.13. The van der Waals surface area contributed by atoms with Crippen molar-refractivity contribution in [2.75, 3.05) is 6.61 Å². The summed E-state index contributed by atoms with van der Waals surface area (Å²) < 4.78 is 16.8. The van der Waals surface area contributed by atoms with E-state index in [1.54, 1.807) is 20.8 Å². The molecule has 0 bridgehead atoms. The minimum absolute atomic E-state index is 0.131. The molecule has 1 N–H and O–H groups in total. The number of rotatable bonds is 10. The molecule has 1 aliphatic carbocycles. The van der Waals surface area contributed by atoms with Crippen LogP contribution in [0.1, 0.15) is 81.1 Å². The maximum atomic E-state index is 12.8. The van der Waals surface area contributed by atoms with E-state index in [1.807, 2.05) is 34.6 Å². The Morgan fingerprint density at radius 3 is 2.26 bits per heavy atom. The van der Waals surface area contributed by atoms with Crippen LogP contribution in [0, 0.1) is 11.3 Å². The van der Waals surface area contributed by atoms with Crippen LogP contribution in [-0.2, 0) is 23.8 Å². The predicted octanol–water partition coefficient (Wildman–Crippen LogP) is 3.63. The normalized spacial score (nSPS) is 26.1. The zero-order valence-electron chi connectivity index (χ0n) is 18.3. The molecule has 0 spiro atoms. The second kappa shape index (κ2) is 8.91. The van der Waals surface area contributed by atoms with Crippen LogP contribution in [0.3, 0.4) is 0 Å². The summed E-state index contributed by atoms with van der Waals surface area (Å²) in [4.78, 5) is 25.2. The second-order valence-corrected chi connectivity index (χ2v) is 9.13. The van der Waals surface area contributed by atoms with Gasteiger partial charge in [0, 0.05) is 6.42 Å². The van der Waals surface area contributed by atoms with Crippen molar-refractivity contribution in [2.24, 2.45) is 11.3 Å². The zero-order valence-corrected chi connectivity index (χ0v) is 18.3. The van der Waals surface area contributed by atoms with Crippen LogP contribution in [0.5, 0.6) is 0 Å². The average molecular weight is 387 g/mol. The van der Waals surface area contributed by atoms with E-state index in [2.05, 4.69) is 0 Å². The van der Waals surface area contributed by atoms with Crippen molar-refractivity contribution in [3.8, 4) is 0 Å². The topological polar surface area (TPSA) is 82.1 Å². The van der Waals surface area contributed by atoms with E-state index in [0.717, 1.165) is 0 Å². The van der Waals surface area contributed by atoms with Gasteiger partial charge in [-0.2, -0.15) is 0 Å². The lowest BCUT2D eigenvalue weighted by Crippen LogP contribution is -2.54. The van der Waals surface area contributed by atoms with Crippen molar-refractivity contribution < 1.29 is 28.9 Å². The van der Waals surface area contributed by atoms with Crippen molar-refractivity contribution in [3.63, 3.8) is 0 Å². The molecule has 4 unspecified atom stereocenters. The fraction of sp³-hybridized carbons (Fsp3) is 0.905. The third-order valence-corrected chi connectivity index (χ3v) is 5.89. The molecule has 6 nitrogen and oxygen atoms in total. The van der Waals surface area contributed by atoms with Gasteiger partial charge in [0.25, 0.3) is 0 Å². The summed E-state index contributed by atoms with van der Waals surface area (Å²) in [6.45, 7) is 15.0. The molecule has 0 amide bonds. The highest BCUT2D eigenvalue weighted by atomic mass is 16.6. The van der Waals surface area contributed by atoms with E-state index in [0.29, 0.717) is 32.3 Å². The van der Waals surface area contributed by atoms with Crippen LogP contribution < -0.4 is 0 Å². The van der Waals surface area contributed by atoms with Gasteiger partial charge in [0.1, 0.15) is 17.1 Å².